The van der Waals surface area contributed by atoms with E-state index in [1.54, 1.807) is 0 Å². The van der Waals surface area contributed by atoms with Gasteiger partial charge in [0.05, 0.1) is 0 Å². The van der Waals surface area contributed by atoms with Crippen molar-refractivity contribution in [2.45, 2.75) is 40.0 Å². The molecule has 104 valence electrons. The van der Waals surface area contributed by atoms with Gasteiger partial charge in [0.15, 0.2) is 0 Å². The summed E-state index contributed by atoms with van der Waals surface area (Å²) < 4.78 is 0. The Morgan fingerprint density at radius 3 is 2.47 bits per heavy atom. The number of carbonyl (C=O) groups excluding carboxylic acids is 1. The number of hydrogen-bond donors (Lipinski definition) is 1. The summed E-state index contributed by atoms with van der Waals surface area (Å²) in [4.78, 5) is 11.7. The molecule has 1 amide bonds. The van der Waals surface area contributed by atoms with E-state index in [2.05, 4.69) is 63.3 Å². The van der Waals surface area contributed by atoms with Crippen LogP contribution in [0, 0.1) is 17.3 Å². The van der Waals surface area contributed by atoms with Crippen LogP contribution < -0.4 is 5.32 Å². The molecule has 2 heteroatoms. The molecule has 19 heavy (non-hydrogen) atoms. The Kier molecular flexibility index (Phi) is 3.98. The lowest BCUT2D eigenvalue weighted by molar-refractivity contribution is -0.121. The molecule has 2 atom stereocenters. The van der Waals surface area contributed by atoms with Crippen LogP contribution in [0.4, 0.5) is 0 Å². The summed E-state index contributed by atoms with van der Waals surface area (Å²) in [6.45, 7) is 9.55. The topological polar surface area (TPSA) is 29.1 Å². The van der Waals surface area contributed by atoms with Gasteiger partial charge in [-0.25, -0.2) is 0 Å². The maximum atomic E-state index is 11.7. The number of amides is 1. The SMILES string of the molecule is CC(C)CC(=O)NC[C@@H]1[C@@H](c2ccccc2)C1(C)C. The van der Waals surface area contributed by atoms with E-state index in [0.29, 0.717) is 29.6 Å². The van der Waals surface area contributed by atoms with Gasteiger partial charge in [0.2, 0.25) is 5.91 Å². The van der Waals surface area contributed by atoms with Crippen LogP contribution in [-0.2, 0) is 4.79 Å². The number of carbonyl (C=O) groups is 1. The van der Waals surface area contributed by atoms with Crippen molar-refractivity contribution in [3.63, 3.8) is 0 Å². The highest BCUT2D eigenvalue weighted by Crippen LogP contribution is 2.63. The van der Waals surface area contributed by atoms with E-state index in [-0.39, 0.29) is 5.91 Å². The fourth-order valence-electron chi connectivity index (χ4n) is 3.11. The minimum Gasteiger partial charge on any atom is -0.356 e. The molecule has 0 heterocycles. The number of hydrogen-bond acceptors (Lipinski definition) is 1. The lowest BCUT2D eigenvalue weighted by atomic mass is 10.0. The summed E-state index contributed by atoms with van der Waals surface area (Å²) in [6, 6.07) is 10.6. The van der Waals surface area contributed by atoms with Gasteiger partial charge in [-0.3, -0.25) is 4.79 Å². The van der Waals surface area contributed by atoms with Crippen molar-refractivity contribution in [2.75, 3.05) is 6.54 Å². The lowest BCUT2D eigenvalue weighted by Crippen LogP contribution is -2.27. The summed E-state index contributed by atoms with van der Waals surface area (Å²) in [5.74, 6) is 1.75. The molecule has 1 aromatic carbocycles. The third kappa shape index (κ3) is 3.17. The normalized spacial score (nSPS) is 24.3. The predicted octanol–water partition coefficient (Wildman–Crippen LogP) is 3.59. The Balaban J connectivity index is 1.90. The molecular formula is C17H25NO. The van der Waals surface area contributed by atoms with E-state index in [4.69, 9.17) is 0 Å². The van der Waals surface area contributed by atoms with E-state index in [1.165, 1.54) is 5.56 Å². The second-order valence-electron chi connectivity index (χ2n) is 6.72. The van der Waals surface area contributed by atoms with Gasteiger partial charge in [0.25, 0.3) is 0 Å². The Hall–Kier alpha value is -1.31. The van der Waals surface area contributed by atoms with Crippen molar-refractivity contribution in [3.8, 4) is 0 Å². The second kappa shape index (κ2) is 5.36. The predicted molar refractivity (Wildman–Crippen MR) is 78.9 cm³/mol. The molecule has 0 unspecified atom stereocenters. The standard InChI is InChI=1S/C17H25NO/c1-12(2)10-15(19)18-11-14-16(17(14,3)4)13-8-6-5-7-9-13/h5-9,12,14,16H,10-11H2,1-4H3,(H,18,19)/t14-,16-/m1/s1. The van der Waals surface area contributed by atoms with Gasteiger partial charge in [0, 0.05) is 13.0 Å². The summed E-state index contributed by atoms with van der Waals surface area (Å²) >= 11 is 0. The van der Waals surface area contributed by atoms with Crippen LogP contribution in [0.15, 0.2) is 30.3 Å². The van der Waals surface area contributed by atoms with Crippen molar-refractivity contribution >= 4 is 5.91 Å². The Bertz CT molecular complexity index is 436. The van der Waals surface area contributed by atoms with Crippen LogP contribution in [-0.4, -0.2) is 12.5 Å². The van der Waals surface area contributed by atoms with E-state index in [9.17, 15) is 4.79 Å². The average Bonchev–Trinajstić information content (AvgIpc) is 2.89. The highest BCUT2D eigenvalue weighted by Gasteiger charge is 2.57. The molecule has 0 saturated heterocycles. The van der Waals surface area contributed by atoms with Gasteiger partial charge in [-0.05, 0) is 28.7 Å². The Morgan fingerprint density at radius 1 is 1.26 bits per heavy atom. The smallest absolute Gasteiger partial charge is 0.220 e. The highest BCUT2D eigenvalue weighted by molar-refractivity contribution is 5.76. The first-order valence-corrected chi connectivity index (χ1v) is 7.24. The van der Waals surface area contributed by atoms with Crippen molar-refractivity contribution in [3.05, 3.63) is 35.9 Å². The zero-order valence-electron chi connectivity index (χ0n) is 12.4. The third-order valence-electron chi connectivity index (χ3n) is 4.32. The molecule has 1 aromatic rings. The van der Waals surface area contributed by atoms with Crippen LogP contribution in [0.1, 0.15) is 45.6 Å². The van der Waals surface area contributed by atoms with E-state index < -0.39 is 0 Å². The minimum atomic E-state index is 0.185. The van der Waals surface area contributed by atoms with Gasteiger partial charge >= 0.3 is 0 Å². The number of nitrogens with one attached hydrogen (secondary N) is 1. The molecule has 0 aliphatic heterocycles. The quantitative estimate of drug-likeness (QED) is 0.860. The molecule has 1 fully saturated rings. The van der Waals surface area contributed by atoms with Crippen LogP contribution >= 0.6 is 0 Å². The first-order chi connectivity index (χ1) is 8.93. The van der Waals surface area contributed by atoms with Gasteiger partial charge in [-0.2, -0.15) is 0 Å². The van der Waals surface area contributed by atoms with E-state index >= 15 is 0 Å². The van der Waals surface area contributed by atoms with Crippen LogP contribution in [0.3, 0.4) is 0 Å². The lowest BCUT2D eigenvalue weighted by Gasteiger charge is -2.07. The fourth-order valence-corrected chi connectivity index (χ4v) is 3.11. The van der Waals surface area contributed by atoms with Crippen molar-refractivity contribution < 1.29 is 4.79 Å². The molecule has 0 radical (unpaired) electrons. The van der Waals surface area contributed by atoms with Crippen LogP contribution in [0.25, 0.3) is 0 Å². The molecule has 0 bridgehead atoms. The minimum absolute atomic E-state index is 0.185. The van der Waals surface area contributed by atoms with Gasteiger partial charge in [-0.1, -0.05) is 58.0 Å². The molecule has 1 aliphatic carbocycles. The molecule has 2 rings (SSSR count). The van der Waals surface area contributed by atoms with Crippen LogP contribution in [0.2, 0.25) is 0 Å². The zero-order valence-corrected chi connectivity index (χ0v) is 12.4. The molecule has 1 saturated carbocycles. The van der Waals surface area contributed by atoms with Gasteiger partial charge in [-0.15, -0.1) is 0 Å². The maximum absolute atomic E-state index is 11.7. The molecule has 2 nitrogen and oxygen atoms in total. The van der Waals surface area contributed by atoms with Crippen LogP contribution in [0.5, 0.6) is 0 Å². The van der Waals surface area contributed by atoms with E-state index in [1.807, 2.05) is 0 Å². The summed E-state index contributed by atoms with van der Waals surface area (Å²) in [5, 5.41) is 3.09. The molecule has 1 N–H and O–H groups in total. The monoisotopic (exact) mass is 259 g/mol. The molecule has 1 aliphatic rings. The summed E-state index contributed by atoms with van der Waals surface area (Å²) in [7, 11) is 0. The maximum Gasteiger partial charge on any atom is 0.220 e. The molecule has 0 spiro atoms. The Labute approximate surface area is 116 Å². The first-order valence-electron chi connectivity index (χ1n) is 7.24. The Morgan fingerprint density at radius 2 is 1.89 bits per heavy atom. The zero-order chi connectivity index (χ0) is 14.0. The number of benzene rings is 1. The van der Waals surface area contributed by atoms with Crippen molar-refractivity contribution in [2.24, 2.45) is 17.3 Å². The molecular weight excluding hydrogens is 234 g/mol. The largest absolute Gasteiger partial charge is 0.356 e. The second-order valence-corrected chi connectivity index (χ2v) is 6.72. The number of rotatable bonds is 5. The average molecular weight is 259 g/mol. The third-order valence-corrected chi connectivity index (χ3v) is 4.32. The first kappa shape index (κ1) is 14.1. The summed E-state index contributed by atoms with van der Waals surface area (Å²) in [5.41, 5.74) is 1.70. The fraction of sp³-hybridized carbons (Fsp3) is 0.588. The summed E-state index contributed by atoms with van der Waals surface area (Å²) in [6.07, 6.45) is 0.628. The highest BCUT2D eigenvalue weighted by atomic mass is 16.1. The molecule has 0 aromatic heterocycles. The van der Waals surface area contributed by atoms with Crippen molar-refractivity contribution in [1.29, 1.82) is 0 Å². The van der Waals surface area contributed by atoms with E-state index in [0.717, 1.165) is 6.54 Å². The van der Waals surface area contributed by atoms with Crippen molar-refractivity contribution in [1.82, 2.24) is 5.32 Å². The van der Waals surface area contributed by atoms with Gasteiger partial charge in [0.1, 0.15) is 0 Å². The van der Waals surface area contributed by atoms with Gasteiger partial charge < -0.3 is 5.32 Å².